The SMILES string of the molecule is O=C1OCc2cc(C#CCCl)ccc21. The average Bonchev–Trinajstić information content (AvgIpc) is 2.57. The van der Waals surface area contributed by atoms with Gasteiger partial charge in [0, 0.05) is 11.1 Å². The Hall–Kier alpha value is -1.46. The number of rotatable bonds is 0. The molecule has 0 saturated carbocycles. The average molecular weight is 207 g/mol. The number of hydrogen-bond donors (Lipinski definition) is 0. The van der Waals surface area contributed by atoms with Gasteiger partial charge in [0.05, 0.1) is 11.4 Å². The third kappa shape index (κ3) is 1.59. The minimum absolute atomic E-state index is 0.253. The molecule has 70 valence electrons. The second-order valence-electron chi connectivity index (χ2n) is 2.88. The number of esters is 1. The maximum atomic E-state index is 11.1. The molecule has 0 aliphatic carbocycles. The minimum atomic E-state index is -0.253. The van der Waals surface area contributed by atoms with Crippen molar-refractivity contribution < 1.29 is 9.53 Å². The first-order valence-electron chi connectivity index (χ1n) is 4.16. The molecule has 14 heavy (non-hydrogen) atoms. The van der Waals surface area contributed by atoms with Crippen molar-refractivity contribution in [1.82, 2.24) is 0 Å². The molecule has 0 bridgehead atoms. The van der Waals surface area contributed by atoms with Gasteiger partial charge >= 0.3 is 5.97 Å². The standard InChI is InChI=1S/C11H7ClO2/c12-5-1-2-8-3-4-10-9(6-8)7-14-11(10)13/h3-4,6H,5,7H2. The van der Waals surface area contributed by atoms with Crippen molar-refractivity contribution in [2.75, 3.05) is 5.88 Å². The highest BCUT2D eigenvalue weighted by Crippen LogP contribution is 2.20. The van der Waals surface area contributed by atoms with Crippen molar-refractivity contribution in [3.8, 4) is 11.8 Å². The van der Waals surface area contributed by atoms with Crippen LogP contribution >= 0.6 is 11.6 Å². The summed E-state index contributed by atoms with van der Waals surface area (Å²) in [5, 5.41) is 0. The van der Waals surface area contributed by atoms with E-state index in [2.05, 4.69) is 11.8 Å². The van der Waals surface area contributed by atoms with E-state index in [-0.39, 0.29) is 5.97 Å². The fourth-order valence-electron chi connectivity index (χ4n) is 1.35. The first-order chi connectivity index (χ1) is 6.81. The van der Waals surface area contributed by atoms with Crippen LogP contribution in [0.25, 0.3) is 0 Å². The van der Waals surface area contributed by atoms with E-state index in [1.807, 2.05) is 6.07 Å². The van der Waals surface area contributed by atoms with Gasteiger partial charge in [0.1, 0.15) is 6.61 Å². The van der Waals surface area contributed by atoms with Crippen LogP contribution in [0.15, 0.2) is 18.2 Å². The molecule has 0 fully saturated rings. The molecule has 1 aromatic rings. The van der Waals surface area contributed by atoms with Crippen LogP contribution < -0.4 is 0 Å². The molecule has 1 aromatic carbocycles. The van der Waals surface area contributed by atoms with Crippen LogP contribution in [0.2, 0.25) is 0 Å². The Morgan fingerprint density at radius 2 is 2.36 bits per heavy atom. The molecule has 0 atom stereocenters. The Morgan fingerprint density at radius 3 is 3.14 bits per heavy atom. The Morgan fingerprint density at radius 1 is 1.50 bits per heavy atom. The molecule has 0 aromatic heterocycles. The Labute approximate surface area is 86.8 Å². The molecular formula is C11H7ClO2. The highest BCUT2D eigenvalue weighted by atomic mass is 35.5. The van der Waals surface area contributed by atoms with Gasteiger partial charge in [-0.2, -0.15) is 0 Å². The third-order valence-corrected chi connectivity index (χ3v) is 2.12. The molecule has 0 radical (unpaired) electrons. The Balaban J connectivity index is 2.37. The lowest BCUT2D eigenvalue weighted by Crippen LogP contribution is -1.92. The van der Waals surface area contributed by atoms with Crippen LogP contribution in [0, 0.1) is 11.8 Å². The minimum Gasteiger partial charge on any atom is -0.457 e. The number of benzene rings is 1. The zero-order chi connectivity index (χ0) is 9.97. The molecule has 0 saturated heterocycles. The van der Waals surface area contributed by atoms with E-state index in [1.165, 1.54) is 0 Å². The lowest BCUT2D eigenvalue weighted by molar-refractivity contribution is 0.0535. The molecule has 1 aliphatic rings. The maximum Gasteiger partial charge on any atom is 0.338 e. The first-order valence-corrected chi connectivity index (χ1v) is 4.69. The van der Waals surface area contributed by atoms with Gasteiger partial charge in [-0.25, -0.2) is 4.79 Å². The summed E-state index contributed by atoms with van der Waals surface area (Å²) in [6.07, 6.45) is 0. The lowest BCUT2D eigenvalue weighted by Gasteiger charge is -1.94. The monoisotopic (exact) mass is 206 g/mol. The van der Waals surface area contributed by atoms with Crippen molar-refractivity contribution >= 4 is 17.6 Å². The van der Waals surface area contributed by atoms with Crippen LogP contribution in [-0.2, 0) is 11.3 Å². The number of alkyl halides is 1. The van der Waals surface area contributed by atoms with E-state index in [0.29, 0.717) is 18.1 Å². The van der Waals surface area contributed by atoms with E-state index in [4.69, 9.17) is 16.3 Å². The van der Waals surface area contributed by atoms with Gasteiger partial charge in [-0.1, -0.05) is 11.8 Å². The molecule has 0 N–H and O–H groups in total. The quantitative estimate of drug-likeness (QED) is 0.369. The number of fused-ring (bicyclic) bond motifs is 1. The number of halogens is 1. The summed E-state index contributed by atoms with van der Waals surface area (Å²) in [5.41, 5.74) is 2.40. The fraction of sp³-hybridized carbons (Fsp3) is 0.182. The van der Waals surface area contributed by atoms with Crippen molar-refractivity contribution in [1.29, 1.82) is 0 Å². The predicted molar refractivity (Wildman–Crippen MR) is 53.2 cm³/mol. The largest absolute Gasteiger partial charge is 0.457 e. The van der Waals surface area contributed by atoms with Crippen molar-refractivity contribution in [3.63, 3.8) is 0 Å². The van der Waals surface area contributed by atoms with Crippen molar-refractivity contribution in [2.24, 2.45) is 0 Å². The van der Waals surface area contributed by atoms with Gasteiger partial charge in [-0.15, -0.1) is 11.6 Å². The number of ether oxygens (including phenoxy) is 1. The molecule has 3 heteroatoms. The normalized spacial score (nSPS) is 12.8. The molecule has 0 spiro atoms. The first kappa shape index (κ1) is 9.11. The summed E-state index contributed by atoms with van der Waals surface area (Å²) in [4.78, 5) is 11.1. The van der Waals surface area contributed by atoms with Crippen LogP contribution in [0.1, 0.15) is 21.5 Å². The van der Waals surface area contributed by atoms with Crippen LogP contribution in [0.3, 0.4) is 0 Å². The van der Waals surface area contributed by atoms with Crippen LogP contribution in [-0.4, -0.2) is 11.8 Å². The predicted octanol–water partition coefficient (Wildman–Crippen LogP) is 1.95. The topological polar surface area (TPSA) is 26.3 Å². The zero-order valence-electron chi connectivity index (χ0n) is 7.34. The van der Waals surface area contributed by atoms with Gasteiger partial charge in [0.15, 0.2) is 0 Å². The molecule has 2 rings (SSSR count). The van der Waals surface area contributed by atoms with E-state index in [9.17, 15) is 4.79 Å². The summed E-state index contributed by atoms with van der Waals surface area (Å²) in [6, 6.07) is 5.40. The zero-order valence-corrected chi connectivity index (χ0v) is 8.10. The second-order valence-corrected chi connectivity index (χ2v) is 3.15. The Bertz CT molecular complexity index is 440. The summed E-state index contributed by atoms with van der Waals surface area (Å²) >= 11 is 5.44. The van der Waals surface area contributed by atoms with Crippen LogP contribution in [0.4, 0.5) is 0 Å². The summed E-state index contributed by atoms with van der Waals surface area (Å²) in [7, 11) is 0. The summed E-state index contributed by atoms with van der Waals surface area (Å²) in [5.74, 6) is 5.71. The van der Waals surface area contributed by atoms with Gasteiger partial charge in [0.25, 0.3) is 0 Å². The fourth-order valence-corrected chi connectivity index (χ4v) is 1.41. The molecule has 0 amide bonds. The van der Waals surface area contributed by atoms with Gasteiger partial charge in [-0.3, -0.25) is 0 Å². The Kier molecular flexibility index (Phi) is 2.43. The maximum absolute atomic E-state index is 11.1. The smallest absolute Gasteiger partial charge is 0.338 e. The van der Waals surface area contributed by atoms with E-state index in [0.717, 1.165) is 11.1 Å². The van der Waals surface area contributed by atoms with Gasteiger partial charge in [0.2, 0.25) is 0 Å². The summed E-state index contributed by atoms with van der Waals surface area (Å²) < 4.78 is 4.87. The molecule has 0 unspecified atom stereocenters. The van der Waals surface area contributed by atoms with Crippen molar-refractivity contribution in [3.05, 3.63) is 34.9 Å². The van der Waals surface area contributed by atoms with E-state index >= 15 is 0 Å². The summed E-state index contributed by atoms with van der Waals surface area (Å²) in [6.45, 7) is 0.352. The lowest BCUT2D eigenvalue weighted by atomic mass is 10.1. The molecule has 1 aliphatic heterocycles. The van der Waals surface area contributed by atoms with E-state index < -0.39 is 0 Å². The highest BCUT2D eigenvalue weighted by molar-refractivity contribution is 6.19. The number of carbonyl (C=O) groups excluding carboxylic acids is 1. The second kappa shape index (κ2) is 3.73. The number of carbonyl (C=O) groups is 1. The number of hydrogen-bond acceptors (Lipinski definition) is 2. The highest BCUT2D eigenvalue weighted by Gasteiger charge is 2.20. The van der Waals surface area contributed by atoms with Crippen LogP contribution in [0.5, 0.6) is 0 Å². The number of cyclic esters (lactones) is 1. The molecule has 2 nitrogen and oxygen atoms in total. The third-order valence-electron chi connectivity index (χ3n) is 1.98. The van der Waals surface area contributed by atoms with E-state index in [1.54, 1.807) is 12.1 Å². The molecular weight excluding hydrogens is 200 g/mol. The van der Waals surface area contributed by atoms with Gasteiger partial charge < -0.3 is 4.74 Å². The molecule has 1 heterocycles. The van der Waals surface area contributed by atoms with Crippen molar-refractivity contribution in [2.45, 2.75) is 6.61 Å². The van der Waals surface area contributed by atoms with Gasteiger partial charge in [-0.05, 0) is 18.2 Å².